The van der Waals surface area contributed by atoms with Crippen LogP contribution in [0.4, 0.5) is 11.5 Å². The number of guanidine groups is 1. The minimum Gasteiger partial charge on any atom is -0.326 e. The van der Waals surface area contributed by atoms with Crippen molar-refractivity contribution >= 4 is 17.5 Å². The van der Waals surface area contributed by atoms with Crippen LogP contribution < -0.4 is 10.6 Å². The summed E-state index contributed by atoms with van der Waals surface area (Å²) < 4.78 is 0. The van der Waals surface area contributed by atoms with Crippen molar-refractivity contribution in [3.05, 3.63) is 48.7 Å². The highest BCUT2D eigenvalue weighted by Gasteiger charge is 2.11. The molecule has 2 aromatic rings. The lowest BCUT2D eigenvalue weighted by Crippen LogP contribution is -2.27. The van der Waals surface area contributed by atoms with Crippen molar-refractivity contribution in [3.8, 4) is 0 Å². The third-order valence-electron chi connectivity index (χ3n) is 2.30. The number of para-hydroxylation sites is 1. The second-order valence-electron chi connectivity index (χ2n) is 5.36. The van der Waals surface area contributed by atoms with Gasteiger partial charge >= 0.3 is 0 Å². The number of nitrogens with zero attached hydrogens (tertiary/aromatic N) is 3. The Kier molecular flexibility index (Phi) is 4.30. The van der Waals surface area contributed by atoms with Crippen LogP contribution >= 0.6 is 0 Å². The van der Waals surface area contributed by atoms with E-state index in [0.29, 0.717) is 11.8 Å². The van der Waals surface area contributed by atoms with Crippen molar-refractivity contribution in [2.45, 2.75) is 26.3 Å². The molecule has 104 valence electrons. The van der Waals surface area contributed by atoms with E-state index < -0.39 is 0 Å². The van der Waals surface area contributed by atoms with Crippen LogP contribution in [-0.2, 0) is 0 Å². The molecule has 1 heterocycles. The summed E-state index contributed by atoms with van der Waals surface area (Å²) in [6.45, 7) is 6.12. The molecule has 0 amide bonds. The summed E-state index contributed by atoms with van der Waals surface area (Å²) in [6.07, 6.45) is 1.64. The molecule has 0 aliphatic rings. The highest BCUT2D eigenvalue weighted by Crippen LogP contribution is 2.11. The normalized spacial score (nSPS) is 12.1. The van der Waals surface area contributed by atoms with Gasteiger partial charge in [-0.25, -0.2) is 4.99 Å². The minimum atomic E-state index is -0.202. The molecule has 0 atom stereocenters. The molecule has 0 saturated carbocycles. The maximum absolute atomic E-state index is 4.63. The maximum Gasteiger partial charge on any atom is 0.202 e. The molecule has 0 bridgehead atoms. The summed E-state index contributed by atoms with van der Waals surface area (Å²) >= 11 is 0. The summed E-state index contributed by atoms with van der Waals surface area (Å²) in [6, 6.07) is 13.6. The van der Waals surface area contributed by atoms with E-state index in [0.717, 1.165) is 5.69 Å². The van der Waals surface area contributed by atoms with Crippen molar-refractivity contribution in [1.82, 2.24) is 10.2 Å². The van der Waals surface area contributed by atoms with Crippen LogP contribution in [0.5, 0.6) is 0 Å². The van der Waals surface area contributed by atoms with E-state index in [4.69, 9.17) is 0 Å². The van der Waals surface area contributed by atoms with Gasteiger partial charge in [0.25, 0.3) is 0 Å². The SMILES string of the molecule is CC(C)(C)N=C(Nc1ccccc1)Nc1cccnn1. The first-order valence-corrected chi connectivity index (χ1v) is 6.50. The summed E-state index contributed by atoms with van der Waals surface area (Å²) in [7, 11) is 0. The Bertz CT molecular complexity index is 514. The fourth-order valence-corrected chi connectivity index (χ4v) is 1.57. The minimum absolute atomic E-state index is 0.202. The Hall–Kier alpha value is -2.43. The summed E-state index contributed by atoms with van der Waals surface area (Å²) in [5.41, 5.74) is 0.763. The maximum atomic E-state index is 4.63. The predicted octanol–water partition coefficient (Wildman–Crippen LogP) is 3.16. The lowest BCUT2D eigenvalue weighted by atomic mass is 10.1. The molecule has 0 spiro atoms. The van der Waals surface area contributed by atoms with Crippen molar-refractivity contribution in [2.24, 2.45) is 4.99 Å². The molecule has 20 heavy (non-hydrogen) atoms. The van der Waals surface area contributed by atoms with E-state index in [2.05, 4.69) is 25.8 Å². The zero-order valence-electron chi connectivity index (χ0n) is 12.0. The van der Waals surface area contributed by atoms with Gasteiger partial charge in [-0.1, -0.05) is 18.2 Å². The zero-order valence-corrected chi connectivity index (χ0v) is 12.0. The average molecular weight is 269 g/mol. The highest BCUT2D eigenvalue weighted by molar-refractivity contribution is 6.03. The monoisotopic (exact) mass is 269 g/mol. The van der Waals surface area contributed by atoms with Crippen molar-refractivity contribution < 1.29 is 0 Å². The van der Waals surface area contributed by atoms with Gasteiger partial charge in [0.1, 0.15) is 0 Å². The van der Waals surface area contributed by atoms with Crippen molar-refractivity contribution in [1.29, 1.82) is 0 Å². The lowest BCUT2D eigenvalue weighted by molar-refractivity contribution is 0.583. The highest BCUT2D eigenvalue weighted by atomic mass is 15.2. The Balaban J connectivity index is 2.20. The molecule has 1 aromatic heterocycles. The number of benzene rings is 1. The second kappa shape index (κ2) is 6.14. The van der Waals surface area contributed by atoms with E-state index in [-0.39, 0.29) is 5.54 Å². The number of rotatable bonds is 2. The Morgan fingerprint density at radius 1 is 1.00 bits per heavy atom. The Morgan fingerprint density at radius 2 is 1.75 bits per heavy atom. The number of hydrogen-bond acceptors (Lipinski definition) is 3. The molecule has 0 saturated heterocycles. The fourth-order valence-electron chi connectivity index (χ4n) is 1.57. The average Bonchev–Trinajstić information content (AvgIpc) is 2.39. The van der Waals surface area contributed by atoms with Crippen LogP contribution in [0.1, 0.15) is 20.8 Å². The molecule has 1 aromatic carbocycles. The summed E-state index contributed by atoms with van der Waals surface area (Å²) in [4.78, 5) is 4.63. The van der Waals surface area contributed by atoms with E-state index in [1.54, 1.807) is 6.20 Å². The van der Waals surface area contributed by atoms with Gasteiger partial charge in [0.05, 0.1) is 5.54 Å². The number of aliphatic imine (C=N–C) groups is 1. The van der Waals surface area contributed by atoms with Gasteiger partial charge in [-0.2, -0.15) is 5.10 Å². The quantitative estimate of drug-likeness (QED) is 0.649. The van der Waals surface area contributed by atoms with Crippen molar-refractivity contribution in [3.63, 3.8) is 0 Å². The third kappa shape index (κ3) is 4.68. The van der Waals surface area contributed by atoms with Crippen LogP contribution in [0.3, 0.4) is 0 Å². The number of anilines is 2. The Labute approximate surface area is 119 Å². The molecular formula is C15H19N5. The standard InChI is InChI=1S/C15H19N5/c1-15(2,3)19-14(17-12-8-5-4-6-9-12)18-13-10-7-11-16-20-13/h4-11H,1-3H3,(H2,17,18,19,20). The smallest absolute Gasteiger partial charge is 0.202 e. The topological polar surface area (TPSA) is 62.2 Å². The third-order valence-corrected chi connectivity index (χ3v) is 2.30. The first-order valence-electron chi connectivity index (χ1n) is 6.50. The molecular weight excluding hydrogens is 250 g/mol. The van der Waals surface area contributed by atoms with Gasteiger partial charge in [0, 0.05) is 11.9 Å². The van der Waals surface area contributed by atoms with E-state index in [1.165, 1.54) is 0 Å². The molecule has 0 aliphatic carbocycles. The lowest BCUT2D eigenvalue weighted by Gasteiger charge is -2.18. The molecule has 0 radical (unpaired) electrons. The van der Waals surface area contributed by atoms with Crippen LogP contribution in [0.25, 0.3) is 0 Å². The summed E-state index contributed by atoms with van der Waals surface area (Å²) in [5.74, 6) is 1.29. The van der Waals surface area contributed by atoms with Crippen LogP contribution in [-0.4, -0.2) is 21.7 Å². The van der Waals surface area contributed by atoms with E-state index in [9.17, 15) is 0 Å². The molecule has 0 unspecified atom stereocenters. The zero-order chi connectivity index (χ0) is 14.4. The molecule has 0 aliphatic heterocycles. The van der Waals surface area contributed by atoms with Gasteiger partial charge in [-0.15, -0.1) is 5.10 Å². The van der Waals surface area contributed by atoms with Crippen LogP contribution in [0.15, 0.2) is 53.7 Å². The molecule has 5 heteroatoms. The first kappa shape index (κ1) is 14.0. The van der Waals surface area contributed by atoms with E-state index >= 15 is 0 Å². The van der Waals surface area contributed by atoms with Crippen LogP contribution in [0, 0.1) is 0 Å². The van der Waals surface area contributed by atoms with Gasteiger partial charge in [-0.3, -0.25) is 0 Å². The van der Waals surface area contributed by atoms with Crippen molar-refractivity contribution in [2.75, 3.05) is 10.6 Å². The number of aromatic nitrogens is 2. The fraction of sp³-hybridized carbons (Fsp3) is 0.267. The van der Waals surface area contributed by atoms with Crippen LogP contribution in [0.2, 0.25) is 0 Å². The van der Waals surface area contributed by atoms with E-state index in [1.807, 2.05) is 63.2 Å². The molecule has 0 fully saturated rings. The second-order valence-corrected chi connectivity index (χ2v) is 5.36. The number of hydrogen-bond donors (Lipinski definition) is 2. The largest absolute Gasteiger partial charge is 0.326 e. The molecule has 2 N–H and O–H groups in total. The van der Waals surface area contributed by atoms with Gasteiger partial charge in [0.2, 0.25) is 5.96 Å². The Morgan fingerprint density at radius 3 is 2.35 bits per heavy atom. The molecule has 5 nitrogen and oxygen atoms in total. The number of nitrogens with one attached hydrogen (secondary N) is 2. The first-order chi connectivity index (χ1) is 9.53. The predicted molar refractivity (Wildman–Crippen MR) is 82.9 cm³/mol. The molecule has 2 rings (SSSR count). The van der Waals surface area contributed by atoms with Gasteiger partial charge in [-0.05, 0) is 45.0 Å². The van der Waals surface area contributed by atoms with Gasteiger partial charge < -0.3 is 10.6 Å². The van der Waals surface area contributed by atoms with Gasteiger partial charge in [0.15, 0.2) is 5.82 Å². The summed E-state index contributed by atoms with van der Waals surface area (Å²) in [5, 5.41) is 14.3.